The number of nitrogens with zero attached hydrogens (tertiary/aromatic N) is 2. The van der Waals surface area contributed by atoms with Gasteiger partial charge in [0.05, 0.1) is 13.2 Å². The lowest BCUT2D eigenvalue weighted by molar-refractivity contribution is 0.0868. The Morgan fingerprint density at radius 2 is 1.50 bits per heavy atom. The van der Waals surface area contributed by atoms with Gasteiger partial charge in [-0.3, -0.25) is 0 Å². The van der Waals surface area contributed by atoms with E-state index < -0.39 is 6.16 Å². The Hall–Kier alpha value is -2.97. The number of carbonyl (C=O) groups excluding carboxylic acids is 3. The molecule has 26 heavy (non-hydrogen) atoms. The third kappa shape index (κ3) is 5.54. The van der Waals surface area contributed by atoms with Crippen molar-refractivity contribution in [3.63, 3.8) is 0 Å². The molecule has 1 heterocycles. The molecule has 0 saturated carbocycles. The third-order valence-electron chi connectivity index (χ3n) is 3.66. The molecule has 0 aromatic heterocycles. The first-order valence-corrected chi connectivity index (χ1v) is 8.45. The summed E-state index contributed by atoms with van der Waals surface area (Å²) in [6.07, 6.45) is -1.13. The fourth-order valence-corrected chi connectivity index (χ4v) is 2.36. The molecule has 1 N–H and O–H groups in total. The minimum atomic E-state index is -0.774. The van der Waals surface area contributed by atoms with Crippen LogP contribution in [-0.4, -0.2) is 67.5 Å². The zero-order chi connectivity index (χ0) is 18.9. The van der Waals surface area contributed by atoms with E-state index >= 15 is 0 Å². The summed E-state index contributed by atoms with van der Waals surface area (Å²) in [6, 6.07) is 6.12. The van der Waals surface area contributed by atoms with Gasteiger partial charge >= 0.3 is 18.3 Å². The SMILES string of the molecule is CCOC(=O)Oc1ccc(NC(=O)N2CCN(C(=O)OCC)CC2)cc1. The summed E-state index contributed by atoms with van der Waals surface area (Å²) < 4.78 is 14.6. The first-order valence-electron chi connectivity index (χ1n) is 8.45. The second-order valence-corrected chi connectivity index (χ2v) is 5.41. The number of rotatable bonds is 4. The average Bonchev–Trinajstić information content (AvgIpc) is 2.64. The number of anilines is 1. The summed E-state index contributed by atoms with van der Waals surface area (Å²) in [5, 5.41) is 2.77. The lowest BCUT2D eigenvalue weighted by Crippen LogP contribution is -2.51. The van der Waals surface area contributed by atoms with Crippen LogP contribution in [0.2, 0.25) is 0 Å². The van der Waals surface area contributed by atoms with E-state index in [4.69, 9.17) is 9.47 Å². The van der Waals surface area contributed by atoms with Crippen molar-refractivity contribution in [3.05, 3.63) is 24.3 Å². The average molecular weight is 365 g/mol. The molecule has 9 heteroatoms. The molecule has 1 aliphatic heterocycles. The lowest BCUT2D eigenvalue weighted by Gasteiger charge is -2.33. The Bertz CT molecular complexity index is 626. The lowest BCUT2D eigenvalue weighted by atomic mass is 10.3. The molecule has 1 aromatic rings. The first kappa shape index (κ1) is 19.4. The van der Waals surface area contributed by atoms with Gasteiger partial charge in [-0.2, -0.15) is 0 Å². The van der Waals surface area contributed by atoms with E-state index in [0.29, 0.717) is 44.2 Å². The van der Waals surface area contributed by atoms with E-state index in [-0.39, 0.29) is 18.7 Å². The largest absolute Gasteiger partial charge is 0.513 e. The number of benzene rings is 1. The molecule has 1 aliphatic rings. The van der Waals surface area contributed by atoms with Gasteiger partial charge in [0.1, 0.15) is 5.75 Å². The molecule has 142 valence electrons. The quantitative estimate of drug-likeness (QED) is 0.650. The maximum atomic E-state index is 12.3. The molecule has 1 saturated heterocycles. The van der Waals surface area contributed by atoms with E-state index in [1.807, 2.05) is 0 Å². The van der Waals surface area contributed by atoms with Crippen molar-refractivity contribution in [3.8, 4) is 5.75 Å². The molecule has 0 spiro atoms. The highest BCUT2D eigenvalue weighted by atomic mass is 16.7. The van der Waals surface area contributed by atoms with Gasteiger partial charge in [0.2, 0.25) is 0 Å². The summed E-state index contributed by atoms with van der Waals surface area (Å²) in [5.41, 5.74) is 0.569. The maximum Gasteiger partial charge on any atom is 0.513 e. The molecule has 1 fully saturated rings. The van der Waals surface area contributed by atoms with Crippen molar-refractivity contribution < 1.29 is 28.6 Å². The van der Waals surface area contributed by atoms with Crippen LogP contribution >= 0.6 is 0 Å². The van der Waals surface area contributed by atoms with Crippen LogP contribution < -0.4 is 10.1 Å². The Labute approximate surface area is 151 Å². The Morgan fingerprint density at radius 1 is 0.923 bits per heavy atom. The van der Waals surface area contributed by atoms with Crippen molar-refractivity contribution in [2.24, 2.45) is 0 Å². The Balaban J connectivity index is 1.81. The minimum absolute atomic E-state index is 0.233. The fourth-order valence-electron chi connectivity index (χ4n) is 2.36. The van der Waals surface area contributed by atoms with Crippen LogP contribution in [0, 0.1) is 0 Å². The van der Waals surface area contributed by atoms with E-state index in [9.17, 15) is 14.4 Å². The van der Waals surface area contributed by atoms with Crippen LogP contribution in [0.5, 0.6) is 5.75 Å². The van der Waals surface area contributed by atoms with Gasteiger partial charge in [0, 0.05) is 31.9 Å². The molecule has 2 rings (SSSR count). The number of piperazine rings is 1. The topological polar surface area (TPSA) is 97.4 Å². The van der Waals surface area contributed by atoms with E-state index in [1.165, 1.54) is 0 Å². The summed E-state index contributed by atoms with van der Waals surface area (Å²) >= 11 is 0. The molecular weight excluding hydrogens is 342 g/mol. The summed E-state index contributed by atoms with van der Waals surface area (Å²) in [5.74, 6) is 0.324. The smallest absolute Gasteiger partial charge is 0.450 e. The third-order valence-corrected chi connectivity index (χ3v) is 3.66. The van der Waals surface area contributed by atoms with Gasteiger partial charge in [-0.25, -0.2) is 14.4 Å². The van der Waals surface area contributed by atoms with Crippen molar-refractivity contribution in [1.82, 2.24) is 9.80 Å². The summed E-state index contributed by atoms with van der Waals surface area (Å²) in [7, 11) is 0. The molecule has 1 aromatic carbocycles. The molecule has 0 radical (unpaired) electrons. The fraction of sp³-hybridized carbons (Fsp3) is 0.471. The number of carbonyl (C=O) groups is 3. The zero-order valence-electron chi connectivity index (χ0n) is 14.9. The van der Waals surface area contributed by atoms with Gasteiger partial charge in [-0.05, 0) is 38.1 Å². The first-order chi connectivity index (χ1) is 12.5. The van der Waals surface area contributed by atoms with Crippen LogP contribution in [-0.2, 0) is 9.47 Å². The summed E-state index contributed by atoms with van der Waals surface area (Å²) in [6.45, 7) is 5.71. The predicted molar refractivity (Wildman–Crippen MR) is 93.3 cm³/mol. The Morgan fingerprint density at radius 3 is 2.08 bits per heavy atom. The molecule has 3 amide bonds. The maximum absolute atomic E-state index is 12.3. The van der Waals surface area contributed by atoms with Crippen LogP contribution in [0.25, 0.3) is 0 Å². The molecule has 0 atom stereocenters. The predicted octanol–water partition coefficient (Wildman–Crippen LogP) is 2.53. The standard InChI is InChI=1S/C17H23N3O6/c1-3-24-16(22)20-11-9-19(10-12-20)15(21)18-13-5-7-14(8-6-13)26-17(23)25-4-2/h5-8H,3-4,9-12H2,1-2H3,(H,18,21). The van der Waals surface area contributed by atoms with Crippen LogP contribution in [0.4, 0.5) is 20.1 Å². The highest BCUT2D eigenvalue weighted by Crippen LogP contribution is 2.17. The highest BCUT2D eigenvalue weighted by molar-refractivity contribution is 5.89. The number of amides is 3. The van der Waals surface area contributed by atoms with E-state index in [0.717, 1.165) is 0 Å². The van der Waals surface area contributed by atoms with Gasteiger partial charge in [0.25, 0.3) is 0 Å². The number of urea groups is 1. The molecule has 9 nitrogen and oxygen atoms in total. The van der Waals surface area contributed by atoms with Gasteiger partial charge < -0.3 is 29.3 Å². The molecule has 0 bridgehead atoms. The summed E-state index contributed by atoms with van der Waals surface area (Å²) in [4.78, 5) is 38.4. The van der Waals surface area contributed by atoms with Gasteiger partial charge in [-0.1, -0.05) is 0 Å². The molecule has 0 unspecified atom stereocenters. The number of hydrogen-bond acceptors (Lipinski definition) is 6. The van der Waals surface area contributed by atoms with Crippen LogP contribution in [0.15, 0.2) is 24.3 Å². The second-order valence-electron chi connectivity index (χ2n) is 5.41. The highest BCUT2D eigenvalue weighted by Gasteiger charge is 2.24. The zero-order valence-corrected chi connectivity index (χ0v) is 14.9. The molecular formula is C17H23N3O6. The van der Waals surface area contributed by atoms with Crippen LogP contribution in [0.1, 0.15) is 13.8 Å². The second kappa shape index (κ2) is 9.50. The number of ether oxygens (including phenoxy) is 3. The molecule has 0 aliphatic carbocycles. The van der Waals surface area contributed by atoms with E-state index in [1.54, 1.807) is 47.9 Å². The van der Waals surface area contributed by atoms with Crippen molar-refractivity contribution in [2.75, 3.05) is 44.7 Å². The number of hydrogen-bond donors (Lipinski definition) is 1. The van der Waals surface area contributed by atoms with Crippen molar-refractivity contribution in [2.45, 2.75) is 13.8 Å². The van der Waals surface area contributed by atoms with Crippen molar-refractivity contribution >= 4 is 24.0 Å². The van der Waals surface area contributed by atoms with E-state index in [2.05, 4.69) is 10.1 Å². The van der Waals surface area contributed by atoms with Crippen LogP contribution in [0.3, 0.4) is 0 Å². The van der Waals surface area contributed by atoms with Gasteiger partial charge in [-0.15, -0.1) is 0 Å². The monoisotopic (exact) mass is 365 g/mol. The Kier molecular flexibility index (Phi) is 7.07. The van der Waals surface area contributed by atoms with Crippen molar-refractivity contribution in [1.29, 1.82) is 0 Å². The normalized spacial score (nSPS) is 13.8. The minimum Gasteiger partial charge on any atom is -0.450 e. The van der Waals surface area contributed by atoms with Gasteiger partial charge in [0.15, 0.2) is 0 Å². The number of nitrogens with one attached hydrogen (secondary N) is 1.